The van der Waals surface area contributed by atoms with Gasteiger partial charge in [-0.2, -0.15) is 0 Å². The predicted octanol–water partition coefficient (Wildman–Crippen LogP) is 12.4. The lowest BCUT2D eigenvalue weighted by Crippen LogP contribution is -2.06. The first-order chi connectivity index (χ1) is 21.7. The van der Waals surface area contributed by atoms with Crippen LogP contribution in [0.15, 0.2) is 144 Å². The van der Waals surface area contributed by atoms with Gasteiger partial charge in [-0.25, -0.2) is 0 Å². The van der Waals surface area contributed by atoms with Crippen molar-refractivity contribution in [2.75, 3.05) is 0 Å². The molecule has 8 aromatic rings. The van der Waals surface area contributed by atoms with E-state index in [4.69, 9.17) is 4.42 Å². The van der Waals surface area contributed by atoms with Crippen LogP contribution >= 0.6 is 0 Å². The molecule has 0 saturated heterocycles. The number of benzene rings is 7. The van der Waals surface area contributed by atoms with Gasteiger partial charge in [0.05, 0.1) is 0 Å². The fraction of sp³-hybridized carbons (Fsp3) is 0.0698. The van der Waals surface area contributed by atoms with Crippen molar-refractivity contribution in [2.24, 2.45) is 0 Å². The molecule has 0 aliphatic heterocycles. The molecule has 0 fully saturated rings. The first kappa shape index (κ1) is 25.1. The normalized spacial score (nSPS) is 14.5. The molecule has 1 atom stereocenters. The number of hydrogen-bond donors (Lipinski definition) is 0. The average molecular weight is 563 g/mol. The Bertz CT molecular complexity index is 2410. The molecule has 1 aliphatic rings. The Balaban J connectivity index is 1.35. The maximum absolute atomic E-state index is 6.52. The summed E-state index contributed by atoms with van der Waals surface area (Å²) in [6, 6.07) is 48.3. The maximum atomic E-state index is 6.52. The summed E-state index contributed by atoms with van der Waals surface area (Å²) in [6.07, 6.45) is 5.76. The molecule has 7 aromatic carbocycles. The topological polar surface area (TPSA) is 13.1 Å². The SMILES string of the molecule is CC1CC=Cc2c1c(-c1ccc(-c3ccccc3)cc1)c1ccccc1c2-c1cccc2oc3cc4ccccc4cc3c12. The van der Waals surface area contributed by atoms with Gasteiger partial charge in [0.1, 0.15) is 11.2 Å². The highest BCUT2D eigenvalue weighted by atomic mass is 16.3. The molecule has 1 aliphatic carbocycles. The van der Waals surface area contributed by atoms with Gasteiger partial charge < -0.3 is 4.42 Å². The molecule has 0 saturated carbocycles. The van der Waals surface area contributed by atoms with Crippen LogP contribution in [0, 0.1) is 0 Å². The highest BCUT2D eigenvalue weighted by Crippen LogP contribution is 2.50. The summed E-state index contributed by atoms with van der Waals surface area (Å²) < 4.78 is 6.52. The van der Waals surface area contributed by atoms with E-state index in [-0.39, 0.29) is 0 Å². The van der Waals surface area contributed by atoms with Gasteiger partial charge in [-0.15, -0.1) is 0 Å². The van der Waals surface area contributed by atoms with E-state index in [9.17, 15) is 0 Å². The summed E-state index contributed by atoms with van der Waals surface area (Å²) >= 11 is 0. The van der Waals surface area contributed by atoms with Crippen molar-refractivity contribution in [2.45, 2.75) is 19.3 Å². The smallest absolute Gasteiger partial charge is 0.136 e. The molecule has 1 aromatic heterocycles. The zero-order valence-electron chi connectivity index (χ0n) is 24.5. The fourth-order valence-electron chi connectivity index (χ4n) is 7.45. The van der Waals surface area contributed by atoms with Crippen LogP contribution in [-0.2, 0) is 0 Å². The average Bonchev–Trinajstić information content (AvgIpc) is 3.44. The Morgan fingerprint density at radius 2 is 1.20 bits per heavy atom. The largest absolute Gasteiger partial charge is 0.456 e. The van der Waals surface area contributed by atoms with Crippen LogP contribution in [-0.4, -0.2) is 0 Å². The third-order valence-electron chi connectivity index (χ3n) is 9.47. The Hall–Kier alpha value is -5.40. The number of hydrogen-bond acceptors (Lipinski definition) is 1. The van der Waals surface area contributed by atoms with Crippen molar-refractivity contribution in [1.29, 1.82) is 0 Å². The van der Waals surface area contributed by atoms with Crippen molar-refractivity contribution >= 4 is 49.6 Å². The van der Waals surface area contributed by atoms with Crippen molar-refractivity contribution in [3.05, 3.63) is 151 Å². The molecule has 0 amide bonds. The van der Waals surface area contributed by atoms with Crippen molar-refractivity contribution in [3.63, 3.8) is 0 Å². The molecule has 44 heavy (non-hydrogen) atoms. The van der Waals surface area contributed by atoms with E-state index in [1.807, 2.05) is 0 Å². The Morgan fingerprint density at radius 1 is 0.545 bits per heavy atom. The summed E-state index contributed by atoms with van der Waals surface area (Å²) in [5.74, 6) is 0.395. The highest BCUT2D eigenvalue weighted by Gasteiger charge is 2.26. The van der Waals surface area contributed by atoms with Gasteiger partial charge in [0.15, 0.2) is 0 Å². The fourth-order valence-corrected chi connectivity index (χ4v) is 7.45. The van der Waals surface area contributed by atoms with E-state index in [1.165, 1.54) is 76.8 Å². The summed E-state index contributed by atoms with van der Waals surface area (Å²) in [7, 11) is 0. The lowest BCUT2D eigenvalue weighted by Gasteiger charge is -2.28. The minimum absolute atomic E-state index is 0.395. The van der Waals surface area contributed by atoms with E-state index < -0.39 is 0 Å². The number of fused-ring (bicyclic) bond motifs is 6. The van der Waals surface area contributed by atoms with Gasteiger partial charge in [0, 0.05) is 10.8 Å². The highest BCUT2D eigenvalue weighted by molar-refractivity contribution is 6.20. The Kier molecular flexibility index (Phi) is 5.61. The van der Waals surface area contributed by atoms with Crippen LogP contribution in [0.2, 0.25) is 0 Å². The van der Waals surface area contributed by atoms with Crippen molar-refractivity contribution in [1.82, 2.24) is 0 Å². The molecule has 0 N–H and O–H groups in total. The zero-order chi connectivity index (χ0) is 29.2. The van der Waals surface area contributed by atoms with E-state index in [1.54, 1.807) is 0 Å². The molecule has 1 unspecified atom stereocenters. The van der Waals surface area contributed by atoms with Crippen molar-refractivity contribution < 1.29 is 4.42 Å². The summed E-state index contributed by atoms with van der Waals surface area (Å²) in [4.78, 5) is 0. The van der Waals surface area contributed by atoms with Gasteiger partial charge in [-0.3, -0.25) is 0 Å². The second-order valence-corrected chi connectivity index (χ2v) is 12.1. The van der Waals surface area contributed by atoms with Crippen LogP contribution < -0.4 is 0 Å². The minimum atomic E-state index is 0.395. The molecule has 0 spiro atoms. The number of rotatable bonds is 3. The minimum Gasteiger partial charge on any atom is -0.456 e. The summed E-state index contributed by atoms with van der Waals surface area (Å²) in [5.41, 5.74) is 12.3. The van der Waals surface area contributed by atoms with Gasteiger partial charge in [0.2, 0.25) is 0 Å². The first-order valence-corrected chi connectivity index (χ1v) is 15.5. The van der Waals surface area contributed by atoms with Crippen LogP contribution in [0.1, 0.15) is 30.4 Å². The summed E-state index contributed by atoms with van der Waals surface area (Å²) in [6.45, 7) is 2.38. The standard InChI is InChI=1S/C43H30O/c1-27-11-9-18-35-40(27)41(30-23-21-29(22-24-30)28-12-3-2-4-13-28)33-16-7-8-17-34(33)42(35)36-19-10-20-38-43(36)37-25-31-14-5-6-15-32(31)26-39(37)44-38/h2-10,12-27H,11H2,1H3. The Labute approximate surface area is 256 Å². The lowest BCUT2D eigenvalue weighted by atomic mass is 9.76. The summed E-state index contributed by atoms with van der Waals surface area (Å²) in [5, 5.41) is 7.35. The molecule has 0 radical (unpaired) electrons. The van der Waals surface area contributed by atoms with Gasteiger partial charge in [0.25, 0.3) is 0 Å². The number of furan rings is 1. The van der Waals surface area contributed by atoms with Crippen LogP contribution in [0.3, 0.4) is 0 Å². The molecular formula is C43H30O. The van der Waals surface area contributed by atoms with E-state index in [0.29, 0.717) is 5.92 Å². The van der Waals surface area contributed by atoms with E-state index in [0.717, 1.165) is 17.6 Å². The first-order valence-electron chi connectivity index (χ1n) is 15.5. The van der Waals surface area contributed by atoms with Gasteiger partial charge >= 0.3 is 0 Å². The van der Waals surface area contributed by atoms with Gasteiger partial charge in [-0.1, -0.05) is 134 Å². The van der Waals surface area contributed by atoms with Crippen molar-refractivity contribution in [3.8, 4) is 33.4 Å². The molecule has 1 heterocycles. The predicted molar refractivity (Wildman–Crippen MR) is 187 cm³/mol. The molecule has 1 nitrogen and oxygen atoms in total. The Morgan fingerprint density at radius 3 is 2.00 bits per heavy atom. The molecular weight excluding hydrogens is 532 g/mol. The van der Waals surface area contributed by atoms with Crippen LogP contribution in [0.5, 0.6) is 0 Å². The lowest BCUT2D eigenvalue weighted by molar-refractivity contribution is 0.669. The van der Waals surface area contributed by atoms with Gasteiger partial charge in [-0.05, 0) is 96.6 Å². The molecule has 0 bridgehead atoms. The maximum Gasteiger partial charge on any atom is 0.136 e. The monoisotopic (exact) mass is 562 g/mol. The molecule has 1 heteroatoms. The second kappa shape index (κ2) is 9.82. The molecule has 208 valence electrons. The zero-order valence-corrected chi connectivity index (χ0v) is 24.5. The van der Waals surface area contributed by atoms with Crippen LogP contribution in [0.25, 0.3) is 82.9 Å². The van der Waals surface area contributed by atoms with Crippen LogP contribution in [0.4, 0.5) is 0 Å². The van der Waals surface area contributed by atoms with E-state index >= 15 is 0 Å². The van der Waals surface area contributed by atoms with E-state index in [2.05, 4.69) is 153 Å². The second-order valence-electron chi connectivity index (χ2n) is 12.1. The molecule has 9 rings (SSSR count). The number of allylic oxidation sites excluding steroid dienone is 1. The quantitative estimate of drug-likeness (QED) is 0.209. The third-order valence-corrected chi connectivity index (χ3v) is 9.47. The third kappa shape index (κ3) is 3.79.